The lowest BCUT2D eigenvalue weighted by Crippen LogP contribution is -2.41. The van der Waals surface area contributed by atoms with Crippen molar-refractivity contribution in [2.75, 3.05) is 17.3 Å². The molecule has 1 aliphatic heterocycles. The molecule has 7 nitrogen and oxygen atoms in total. The fraction of sp³-hybridized carbons (Fsp3) is 0.250. The molecule has 29 heavy (non-hydrogen) atoms. The fourth-order valence-electron chi connectivity index (χ4n) is 3.12. The van der Waals surface area contributed by atoms with Crippen LogP contribution in [-0.4, -0.2) is 32.6 Å². The number of amides is 1. The van der Waals surface area contributed by atoms with Crippen LogP contribution in [0.5, 0.6) is 5.75 Å². The molecular weight excluding hydrogens is 393 g/mol. The van der Waals surface area contributed by atoms with Crippen molar-refractivity contribution in [2.24, 2.45) is 0 Å². The zero-order valence-electron chi connectivity index (χ0n) is 15.9. The Bertz CT molecular complexity index is 1020. The Morgan fingerprint density at radius 2 is 2.00 bits per heavy atom. The van der Waals surface area contributed by atoms with Crippen molar-refractivity contribution >= 4 is 23.4 Å². The Morgan fingerprint density at radius 1 is 1.24 bits per heavy atom. The van der Waals surface area contributed by atoms with Crippen LogP contribution in [-0.2, 0) is 4.79 Å². The number of carbonyl (C=O) groups is 1. The molecule has 2 aromatic carbocycles. The number of nitrogens with one attached hydrogen (secondary N) is 2. The van der Waals surface area contributed by atoms with Gasteiger partial charge < -0.3 is 15.5 Å². The number of fused-ring (bicyclic) bond motifs is 1. The highest BCUT2D eigenvalue weighted by atomic mass is 32.2. The fourth-order valence-corrected chi connectivity index (χ4v) is 4.24. The van der Waals surface area contributed by atoms with Crippen LogP contribution >= 0.6 is 11.8 Å². The Balaban J connectivity index is 1.65. The molecule has 2 unspecified atom stereocenters. The first-order valence-corrected chi connectivity index (χ1v) is 10.1. The first-order chi connectivity index (χ1) is 14.1. The summed E-state index contributed by atoms with van der Waals surface area (Å²) < 4.78 is 21.3. The molecule has 0 aliphatic carbocycles. The van der Waals surface area contributed by atoms with E-state index >= 15 is 0 Å². The normalized spacial score (nSPS) is 17.9. The highest BCUT2D eigenvalue weighted by molar-refractivity contribution is 8.00. The lowest BCUT2D eigenvalue weighted by Gasteiger charge is -2.32. The van der Waals surface area contributed by atoms with Gasteiger partial charge in [-0.25, -0.2) is 9.07 Å². The molecule has 2 heterocycles. The summed E-state index contributed by atoms with van der Waals surface area (Å²) in [4.78, 5) is 13.1. The summed E-state index contributed by atoms with van der Waals surface area (Å²) in [5.41, 5.74) is 4.36. The molecule has 9 heteroatoms. The van der Waals surface area contributed by atoms with E-state index < -0.39 is 11.1 Å². The number of benzene rings is 2. The van der Waals surface area contributed by atoms with Crippen LogP contribution in [0, 0.1) is 12.7 Å². The Hall–Kier alpha value is -3.07. The zero-order chi connectivity index (χ0) is 20.4. The maximum Gasteiger partial charge on any atom is 0.240 e. The largest absolute Gasteiger partial charge is 0.494 e. The van der Waals surface area contributed by atoms with Crippen LogP contribution in [0.2, 0.25) is 0 Å². The molecule has 1 aliphatic rings. The van der Waals surface area contributed by atoms with Crippen molar-refractivity contribution in [3.05, 3.63) is 65.7 Å². The van der Waals surface area contributed by atoms with Gasteiger partial charge in [0.1, 0.15) is 22.6 Å². The molecule has 0 bridgehead atoms. The number of para-hydroxylation sites is 1. The molecule has 0 saturated carbocycles. The Kier molecular flexibility index (Phi) is 5.39. The maximum atomic E-state index is 14.0. The Labute approximate surface area is 171 Å². The van der Waals surface area contributed by atoms with Gasteiger partial charge >= 0.3 is 0 Å². The second-order valence-corrected chi connectivity index (χ2v) is 7.59. The smallest absolute Gasteiger partial charge is 0.240 e. The van der Waals surface area contributed by atoms with Crippen LogP contribution in [0.1, 0.15) is 24.4 Å². The van der Waals surface area contributed by atoms with E-state index in [1.807, 2.05) is 38.1 Å². The summed E-state index contributed by atoms with van der Waals surface area (Å²) in [5, 5.41) is 10.9. The summed E-state index contributed by atoms with van der Waals surface area (Å²) in [6, 6.07) is 13.3. The third-order valence-electron chi connectivity index (χ3n) is 4.54. The topological polar surface area (TPSA) is 81.1 Å². The molecule has 0 radical (unpaired) electrons. The van der Waals surface area contributed by atoms with Crippen molar-refractivity contribution in [3.8, 4) is 5.75 Å². The van der Waals surface area contributed by atoms with Crippen LogP contribution in [0.25, 0.3) is 0 Å². The molecule has 4 rings (SSSR count). The van der Waals surface area contributed by atoms with Crippen LogP contribution in [0.4, 0.5) is 10.1 Å². The van der Waals surface area contributed by atoms with Gasteiger partial charge in [0.2, 0.25) is 11.1 Å². The Morgan fingerprint density at radius 3 is 2.72 bits per heavy atom. The summed E-state index contributed by atoms with van der Waals surface area (Å²) in [5.74, 6) is 0.647. The van der Waals surface area contributed by atoms with Gasteiger partial charge in [0.05, 0.1) is 18.3 Å². The molecular formula is C20H20FN5O2S. The van der Waals surface area contributed by atoms with E-state index in [2.05, 4.69) is 20.9 Å². The van der Waals surface area contributed by atoms with E-state index in [-0.39, 0.29) is 17.6 Å². The van der Waals surface area contributed by atoms with Gasteiger partial charge in [-0.2, -0.15) is 0 Å². The summed E-state index contributed by atoms with van der Waals surface area (Å²) in [7, 11) is 0. The number of ether oxygens (including phenoxy) is 1. The van der Waals surface area contributed by atoms with E-state index in [0.29, 0.717) is 17.6 Å². The number of aryl methyl sites for hydroxylation is 1. The van der Waals surface area contributed by atoms with Gasteiger partial charge in [-0.05, 0) is 43.7 Å². The van der Waals surface area contributed by atoms with E-state index in [4.69, 9.17) is 4.74 Å². The minimum Gasteiger partial charge on any atom is -0.494 e. The average Bonchev–Trinajstić information content (AvgIpc) is 3.10. The van der Waals surface area contributed by atoms with E-state index in [9.17, 15) is 9.18 Å². The molecule has 2 atom stereocenters. The summed E-state index contributed by atoms with van der Waals surface area (Å²) in [6.07, 6.45) is 0. The number of nitrogens with zero attached hydrogens (tertiary/aromatic N) is 3. The quantitative estimate of drug-likeness (QED) is 0.666. The maximum absolute atomic E-state index is 14.0. The molecule has 150 valence electrons. The SMILES string of the molecule is CCOc1ccc(C2Nn3c(C)nnc3SC2C(=O)Nc2ccccc2F)cc1. The second kappa shape index (κ2) is 8.12. The van der Waals surface area contributed by atoms with E-state index in [1.165, 1.54) is 23.9 Å². The minimum atomic E-state index is -0.580. The van der Waals surface area contributed by atoms with Crippen LogP contribution in [0.15, 0.2) is 53.7 Å². The predicted molar refractivity (Wildman–Crippen MR) is 109 cm³/mol. The number of aromatic nitrogens is 3. The van der Waals surface area contributed by atoms with Gasteiger partial charge in [-0.1, -0.05) is 36.0 Å². The highest BCUT2D eigenvalue weighted by Gasteiger charge is 2.37. The minimum absolute atomic E-state index is 0.145. The monoisotopic (exact) mass is 413 g/mol. The molecule has 0 saturated heterocycles. The average molecular weight is 413 g/mol. The predicted octanol–water partition coefficient (Wildman–Crippen LogP) is 3.52. The van der Waals surface area contributed by atoms with Gasteiger partial charge in [-0.3, -0.25) is 4.79 Å². The van der Waals surface area contributed by atoms with Gasteiger partial charge in [0, 0.05) is 0 Å². The summed E-state index contributed by atoms with van der Waals surface area (Å²) in [6.45, 7) is 4.33. The number of anilines is 1. The van der Waals surface area contributed by atoms with Gasteiger partial charge in [0.15, 0.2) is 0 Å². The standard InChI is InChI=1S/C20H20FN5O2S/c1-3-28-14-10-8-13(9-11-14)17-18(29-20-24-23-12(2)26(20)25-17)19(27)22-16-7-5-4-6-15(16)21/h4-11,17-18,25H,3H2,1-2H3,(H,22,27). The number of thioether (sulfide) groups is 1. The van der Waals surface area contributed by atoms with Crippen LogP contribution in [0.3, 0.4) is 0 Å². The summed E-state index contributed by atoms with van der Waals surface area (Å²) >= 11 is 1.29. The molecule has 1 amide bonds. The van der Waals surface area contributed by atoms with Crippen molar-refractivity contribution in [1.82, 2.24) is 14.9 Å². The molecule has 2 N–H and O–H groups in total. The van der Waals surface area contributed by atoms with Crippen molar-refractivity contribution in [2.45, 2.75) is 30.3 Å². The first-order valence-electron chi connectivity index (χ1n) is 9.20. The first kappa shape index (κ1) is 19.3. The third kappa shape index (κ3) is 3.91. The van der Waals surface area contributed by atoms with Gasteiger partial charge in [-0.15, -0.1) is 10.2 Å². The zero-order valence-corrected chi connectivity index (χ0v) is 16.7. The number of halogens is 1. The third-order valence-corrected chi connectivity index (χ3v) is 5.75. The van der Waals surface area contributed by atoms with Crippen LogP contribution < -0.4 is 15.5 Å². The molecule has 0 fully saturated rings. The van der Waals surface area contributed by atoms with Gasteiger partial charge in [0.25, 0.3) is 0 Å². The van der Waals surface area contributed by atoms with E-state index in [0.717, 1.165) is 11.3 Å². The number of carbonyl (C=O) groups excluding carboxylic acids is 1. The van der Waals surface area contributed by atoms with Crippen molar-refractivity contribution in [3.63, 3.8) is 0 Å². The molecule has 3 aromatic rings. The lowest BCUT2D eigenvalue weighted by molar-refractivity contribution is -0.116. The van der Waals surface area contributed by atoms with Crippen molar-refractivity contribution in [1.29, 1.82) is 0 Å². The second-order valence-electron chi connectivity index (χ2n) is 6.48. The highest BCUT2D eigenvalue weighted by Crippen LogP contribution is 2.38. The number of hydrogen-bond acceptors (Lipinski definition) is 6. The van der Waals surface area contributed by atoms with Crippen molar-refractivity contribution < 1.29 is 13.9 Å². The number of hydrogen-bond donors (Lipinski definition) is 2. The van der Waals surface area contributed by atoms with E-state index in [1.54, 1.807) is 16.8 Å². The molecule has 0 spiro atoms. The lowest BCUT2D eigenvalue weighted by atomic mass is 10.0. The molecule has 1 aromatic heterocycles. The number of rotatable bonds is 5.